The van der Waals surface area contributed by atoms with Gasteiger partial charge in [-0.05, 0) is 0 Å². The van der Waals surface area contributed by atoms with E-state index in [1.54, 1.807) is 0 Å². The minimum absolute atomic E-state index is 0. The minimum atomic E-state index is -1.16. The molecule has 0 aliphatic heterocycles. The van der Waals surface area contributed by atoms with E-state index in [4.69, 9.17) is 0 Å². The zero-order chi connectivity index (χ0) is 14.2. The smallest absolute Gasteiger partial charge is 1.00 e. The minimum Gasteiger partial charge on any atom is -1.00 e. The second kappa shape index (κ2) is 8.48. The molecular weight excluding hydrogens is 359 g/mol. The maximum absolute atomic E-state index is 2.71. The zero-order valence-electron chi connectivity index (χ0n) is 13.8. The van der Waals surface area contributed by atoms with Crippen LogP contribution in [0.1, 0.15) is 45.4 Å². The molecule has 4 aliphatic rings. The topological polar surface area (TPSA) is 0 Å². The van der Waals surface area contributed by atoms with Gasteiger partial charge in [0.2, 0.25) is 0 Å². The van der Waals surface area contributed by atoms with Crippen LogP contribution in [0.2, 0.25) is 8.45 Å². The summed E-state index contributed by atoms with van der Waals surface area (Å²) < 4.78 is 4.68. The van der Waals surface area contributed by atoms with Gasteiger partial charge >= 0.3 is 135 Å². The number of halogens is 2. The van der Waals surface area contributed by atoms with Crippen molar-refractivity contribution in [2.75, 3.05) is 0 Å². The van der Waals surface area contributed by atoms with Gasteiger partial charge in [-0.25, -0.2) is 0 Å². The molecule has 0 saturated heterocycles. The van der Waals surface area contributed by atoms with Crippen LogP contribution in [0.25, 0.3) is 0 Å². The molecule has 0 amide bonds. The molecule has 0 aromatic carbocycles. The molecule has 23 heavy (non-hydrogen) atoms. The van der Waals surface area contributed by atoms with Crippen molar-refractivity contribution >= 4 is 4.31 Å². The van der Waals surface area contributed by atoms with Crippen molar-refractivity contribution in [2.45, 2.75) is 53.9 Å². The molecule has 126 valence electrons. The number of hydrogen-bond acceptors (Lipinski definition) is 0. The Labute approximate surface area is 159 Å². The van der Waals surface area contributed by atoms with Crippen molar-refractivity contribution < 1.29 is 42.2 Å². The maximum atomic E-state index is 2.71. The van der Waals surface area contributed by atoms with Gasteiger partial charge in [-0.15, -0.1) is 0 Å². The molecule has 4 unspecified atom stereocenters. The third-order valence-corrected chi connectivity index (χ3v) is 11.7. The first-order chi connectivity index (χ1) is 10.4. The number of rotatable bonds is 2. The molecule has 4 atom stereocenters. The van der Waals surface area contributed by atoms with Gasteiger partial charge in [0.1, 0.15) is 0 Å². The molecule has 4 aliphatic carbocycles. The number of fused-ring (bicyclic) bond motifs is 2. The number of allylic oxidation sites excluding steroid dienone is 8. The Morgan fingerprint density at radius 1 is 0.826 bits per heavy atom. The fourth-order valence-electron chi connectivity index (χ4n) is 5.19. The van der Waals surface area contributed by atoms with E-state index in [1.165, 1.54) is 38.5 Å². The molecule has 0 aromatic rings. The van der Waals surface area contributed by atoms with Crippen LogP contribution < -0.4 is 24.8 Å². The van der Waals surface area contributed by atoms with E-state index < -0.39 is 17.4 Å². The average Bonchev–Trinajstić information content (AvgIpc) is 3.14. The summed E-state index contributed by atoms with van der Waals surface area (Å²) in [6.45, 7) is 2.38. The summed E-state index contributed by atoms with van der Waals surface area (Å²) in [7, 11) is 0. The van der Waals surface area contributed by atoms with Crippen LogP contribution in [0.4, 0.5) is 0 Å². The third-order valence-electron chi connectivity index (χ3n) is 6.18. The predicted molar refractivity (Wildman–Crippen MR) is 88.4 cm³/mol. The summed E-state index contributed by atoms with van der Waals surface area (Å²) in [5.41, 5.74) is 3.70. The molecule has 0 heterocycles. The SMILES string of the molecule is C[CH]=[Ti]([CH]1CCC2CC=CC=C21)[CH]1CCC2CC=CC=C21.[Cl-].[Cl-]. The largest absolute Gasteiger partial charge is 1.00 e. The van der Waals surface area contributed by atoms with Gasteiger partial charge in [-0.3, -0.25) is 0 Å². The Morgan fingerprint density at radius 2 is 1.30 bits per heavy atom. The maximum Gasteiger partial charge on any atom is -1.00 e. The van der Waals surface area contributed by atoms with E-state index >= 15 is 0 Å². The molecular formula is C20H26Cl2Ti-2. The molecule has 2 saturated carbocycles. The van der Waals surface area contributed by atoms with Crippen molar-refractivity contribution in [3.05, 3.63) is 47.6 Å². The van der Waals surface area contributed by atoms with Crippen LogP contribution in [-0.4, -0.2) is 4.31 Å². The monoisotopic (exact) mass is 384 g/mol. The Bertz CT molecular complexity index is 534. The van der Waals surface area contributed by atoms with E-state index in [-0.39, 0.29) is 24.8 Å². The van der Waals surface area contributed by atoms with Gasteiger partial charge in [-0.1, -0.05) is 0 Å². The first kappa shape index (κ1) is 19.4. The van der Waals surface area contributed by atoms with Crippen molar-refractivity contribution in [3.8, 4) is 0 Å². The second-order valence-corrected chi connectivity index (χ2v) is 11.7. The van der Waals surface area contributed by atoms with E-state index in [0.29, 0.717) is 0 Å². The van der Waals surface area contributed by atoms with Crippen LogP contribution in [0.5, 0.6) is 0 Å². The summed E-state index contributed by atoms with van der Waals surface area (Å²) in [5, 5.41) is 0. The standard InChI is InChI=1S/2C9H11.C2H4.2ClH.Ti/c2*1-2-5-9-7-3-6-8(9)4-1;1-2;;;/h2*1-2,4,6,9H,3,5,7H2;1H,2H3;2*1H;/p-2. The zero-order valence-corrected chi connectivity index (χ0v) is 16.9. The number of hydrogen-bond donors (Lipinski definition) is 0. The van der Waals surface area contributed by atoms with Gasteiger partial charge in [0.25, 0.3) is 0 Å². The third kappa shape index (κ3) is 3.57. The Kier molecular flexibility index (Phi) is 7.17. The summed E-state index contributed by atoms with van der Waals surface area (Å²) in [4.78, 5) is 0. The summed E-state index contributed by atoms with van der Waals surface area (Å²) >= 11 is -1.16. The van der Waals surface area contributed by atoms with Gasteiger partial charge in [0.15, 0.2) is 0 Å². The molecule has 0 aromatic heterocycles. The Morgan fingerprint density at radius 3 is 1.74 bits per heavy atom. The first-order valence-electron chi connectivity index (χ1n) is 8.77. The van der Waals surface area contributed by atoms with E-state index in [1.807, 2.05) is 11.1 Å². The van der Waals surface area contributed by atoms with Crippen molar-refractivity contribution in [1.29, 1.82) is 0 Å². The molecule has 0 N–H and O–H groups in total. The fourth-order valence-corrected chi connectivity index (χ4v) is 11.0. The van der Waals surface area contributed by atoms with Crippen LogP contribution in [0.15, 0.2) is 47.6 Å². The van der Waals surface area contributed by atoms with Crippen LogP contribution in [0, 0.1) is 11.8 Å². The molecule has 0 spiro atoms. The molecule has 3 heteroatoms. The van der Waals surface area contributed by atoms with Crippen molar-refractivity contribution in [3.63, 3.8) is 0 Å². The quantitative estimate of drug-likeness (QED) is 0.568. The van der Waals surface area contributed by atoms with E-state index in [9.17, 15) is 0 Å². The molecule has 0 bridgehead atoms. The van der Waals surface area contributed by atoms with Crippen LogP contribution >= 0.6 is 0 Å². The predicted octanol–water partition coefficient (Wildman–Crippen LogP) is -0.396. The first-order valence-corrected chi connectivity index (χ1v) is 11.5. The van der Waals surface area contributed by atoms with Gasteiger partial charge < -0.3 is 24.8 Å². The van der Waals surface area contributed by atoms with Gasteiger partial charge in [0.05, 0.1) is 0 Å². The molecule has 4 rings (SSSR count). The van der Waals surface area contributed by atoms with Gasteiger partial charge in [-0.2, -0.15) is 0 Å². The molecule has 0 nitrogen and oxygen atoms in total. The Hall–Kier alpha value is 0.124. The van der Waals surface area contributed by atoms with Crippen molar-refractivity contribution in [2.24, 2.45) is 11.8 Å². The van der Waals surface area contributed by atoms with Gasteiger partial charge in [0, 0.05) is 0 Å². The van der Waals surface area contributed by atoms with Crippen LogP contribution in [0.3, 0.4) is 0 Å². The summed E-state index contributed by atoms with van der Waals surface area (Å²) in [6.07, 6.45) is 22.9. The van der Waals surface area contributed by atoms with Crippen LogP contribution in [-0.2, 0) is 17.4 Å². The normalized spacial score (nSPS) is 33.6. The second-order valence-electron chi connectivity index (χ2n) is 7.10. The Balaban J connectivity index is 0.000000960. The van der Waals surface area contributed by atoms with E-state index in [0.717, 1.165) is 20.3 Å². The van der Waals surface area contributed by atoms with E-state index in [2.05, 4.69) is 47.7 Å². The average molecular weight is 385 g/mol. The van der Waals surface area contributed by atoms with Crippen molar-refractivity contribution in [1.82, 2.24) is 0 Å². The molecule has 0 radical (unpaired) electrons. The summed E-state index contributed by atoms with van der Waals surface area (Å²) in [5.74, 6) is 1.81. The summed E-state index contributed by atoms with van der Waals surface area (Å²) in [6, 6.07) is 0. The molecule has 2 fully saturated rings. The fraction of sp³-hybridized carbons (Fsp3) is 0.550.